The van der Waals surface area contributed by atoms with Crippen molar-refractivity contribution in [2.24, 2.45) is 0 Å². The molecular weight excluding hydrogens is 660 g/mol. The summed E-state index contributed by atoms with van der Waals surface area (Å²) < 4.78 is 0. The third-order valence-corrected chi connectivity index (χ3v) is 8.89. The van der Waals surface area contributed by atoms with E-state index in [0.717, 1.165) is 22.4 Å². The molecule has 6 aromatic carbocycles. The van der Waals surface area contributed by atoms with Gasteiger partial charge in [-0.15, -0.1) is 45.7 Å². The molecule has 1 aliphatic rings. The van der Waals surface area contributed by atoms with Crippen LogP contribution in [-0.4, -0.2) is 9.52 Å². The van der Waals surface area contributed by atoms with Gasteiger partial charge in [-0.2, -0.15) is 29.8 Å². The van der Waals surface area contributed by atoms with Crippen molar-refractivity contribution in [3.63, 3.8) is 0 Å². The quantitative estimate of drug-likeness (QED) is 0.127. The predicted molar refractivity (Wildman–Crippen MR) is 205 cm³/mol. The van der Waals surface area contributed by atoms with Gasteiger partial charge in [0.15, 0.2) is 0 Å². The van der Waals surface area contributed by atoms with Crippen molar-refractivity contribution in [1.82, 2.24) is 0 Å². The first-order valence-electron chi connectivity index (χ1n) is 16.9. The smallest absolute Gasteiger partial charge is 0.175 e. The second-order valence-corrected chi connectivity index (χ2v) is 15.8. The maximum absolute atomic E-state index is 3.67. The van der Waals surface area contributed by atoms with Crippen LogP contribution in [0.4, 0.5) is 0 Å². The second-order valence-electron chi connectivity index (χ2n) is 14.8. The Bertz CT molecular complexity index is 1880. The van der Waals surface area contributed by atoms with Crippen molar-refractivity contribution < 1.29 is 26.2 Å². The number of aryl methyl sites for hydroxylation is 1. The summed E-state index contributed by atoms with van der Waals surface area (Å²) in [7, 11) is 1.08. The van der Waals surface area contributed by atoms with Gasteiger partial charge in [0.25, 0.3) is 0 Å². The third kappa shape index (κ3) is 8.39. The maximum Gasteiger partial charge on any atom is 2.00 e. The van der Waals surface area contributed by atoms with Gasteiger partial charge in [0.2, 0.25) is 0 Å². The van der Waals surface area contributed by atoms with E-state index in [4.69, 9.17) is 0 Å². The molecule has 0 N–H and O–H groups in total. The Morgan fingerprint density at radius 1 is 0.681 bits per heavy atom. The minimum absolute atomic E-state index is 0. The van der Waals surface area contributed by atoms with E-state index in [0.29, 0.717) is 0 Å². The van der Waals surface area contributed by atoms with Crippen LogP contribution in [0.3, 0.4) is 0 Å². The molecule has 47 heavy (non-hydrogen) atoms. The number of hydrogen-bond donors (Lipinski definition) is 0. The zero-order chi connectivity index (χ0) is 33.1. The number of benzene rings is 5. The summed E-state index contributed by atoms with van der Waals surface area (Å²) in [5, 5.41) is 5.37. The minimum atomic E-state index is 0. The zero-order valence-electron chi connectivity index (χ0n) is 29.9. The standard InChI is InChI=1S/C22H19.C21H25.C2H6Si.Zr/c1-2-7-16-14-18-10-6-13-21(22(18)15-16)20-12-5-9-17-8-3-4-11-19(17)20;1-20(2,3)16-7-9-18-14(12-16)11-15-13-17(21(4,5)6)8-10-19(15)18;1-3-2;/h3-6,8-15H,2,7H2,1H3;7-10,12H,11H2,1-6H3;1-2H3;/q2*-1;;+2. The molecule has 0 saturated heterocycles. The first kappa shape index (κ1) is 36.9. The van der Waals surface area contributed by atoms with Gasteiger partial charge in [0, 0.05) is 9.52 Å². The van der Waals surface area contributed by atoms with Gasteiger partial charge in [-0.25, -0.2) is 0 Å². The number of hydrogen-bond acceptors (Lipinski definition) is 0. The largest absolute Gasteiger partial charge is 2.00 e. The van der Waals surface area contributed by atoms with Crippen LogP contribution in [0.5, 0.6) is 0 Å². The molecule has 7 rings (SSSR count). The topological polar surface area (TPSA) is 0 Å². The molecule has 238 valence electrons. The molecule has 1 aliphatic carbocycles. The molecule has 0 aliphatic heterocycles. The molecule has 0 bridgehead atoms. The van der Waals surface area contributed by atoms with Crippen LogP contribution < -0.4 is 0 Å². The first-order chi connectivity index (χ1) is 21.9. The average Bonchev–Trinajstić information content (AvgIpc) is 3.61. The zero-order valence-corrected chi connectivity index (χ0v) is 33.4. The van der Waals surface area contributed by atoms with E-state index in [2.05, 4.69) is 171 Å². The van der Waals surface area contributed by atoms with Crippen molar-refractivity contribution in [2.45, 2.75) is 91.7 Å². The van der Waals surface area contributed by atoms with Gasteiger partial charge in [0.05, 0.1) is 0 Å². The van der Waals surface area contributed by atoms with Crippen LogP contribution >= 0.6 is 0 Å². The summed E-state index contributed by atoms with van der Waals surface area (Å²) in [6.45, 7) is 20.1. The first-order valence-corrected chi connectivity index (χ1v) is 18.9. The molecule has 6 aromatic rings. The van der Waals surface area contributed by atoms with E-state index in [1.807, 2.05) is 0 Å². The summed E-state index contributed by atoms with van der Waals surface area (Å²) in [5.74, 6) is 0. The van der Waals surface area contributed by atoms with Gasteiger partial charge < -0.3 is 0 Å². The Labute approximate surface area is 306 Å². The normalized spacial score (nSPS) is 11.9. The van der Waals surface area contributed by atoms with Crippen LogP contribution in [0.2, 0.25) is 13.1 Å². The van der Waals surface area contributed by atoms with Crippen LogP contribution in [0.1, 0.15) is 82.7 Å². The number of rotatable bonds is 3. The molecule has 0 heterocycles. The van der Waals surface area contributed by atoms with Crippen molar-refractivity contribution in [1.29, 1.82) is 0 Å². The third-order valence-electron chi connectivity index (χ3n) is 8.89. The fourth-order valence-electron chi connectivity index (χ4n) is 6.45. The van der Waals surface area contributed by atoms with Gasteiger partial charge in [-0.05, 0) is 51.1 Å². The van der Waals surface area contributed by atoms with E-state index >= 15 is 0 Å². The van der Waals surface area contributed by atoms with E-state index in [1.165, 1.54) is 78.0 Å². The van der Waals surface area contributed by atoms with Crippen molar-refractivity contribution in [2.75, 3.05) is 0 Å². The van der Waals surface area contributed by atoms with Crippen molar-refractivity contribution in [3.05, 3.63) is 137 Å². The van der Waals surface area contributed by atoms with E-state index in [-0.39, 0.29) is 37.0 Å². The van der Waals surface area contributed by atoms with Gasteiger partial charge >= 0.3 is 26.2 Å². The monoisotopic (exact) mass is 708 g/mol. The molecule has 0 saturated carbocycles. The SMILES string of the molecule is CC(C)(C)c1[c-]c2c(cc1)-c1ccc(C(C)(C)C)cc1C2.CCCc1cc2c(-c3cccc4ccccc34)cccc2[cH-]1.C[Si]C.[Zr+2]. The molecule has 0 spiro atoms. The molecule has 0 fully saturated rings. The molecule has 0 unspecified atom stereocenters. The Balaban J connectivity index is 0.000000193. The summed E-state index contributed by atoms with van der Waals surface area (Å²) in [6.07, 6.45) is 3.38. The second kappa shape index (κ2) is 15.5. The molecule has 0 atom stereocenters. The van der Waals surface area contributed by atoms with Gasteiger partial charge in [-0.3, -0.25) is 0 Å². The minimum Gasteiger partial charge on any atom is -0.175 e. The molecule has 2 radical (unpaired) electrons. The molecule has 0 nitrogen and oxygen atoms in total. The molecule has 0 aromatic heterocycles. The van der Waals surface area contributed by atoms with E-state index in [1.54, 1.807) is 0 Å². The van der Waals surface area contributed by atoms with Crippen molar-refractivity contribution >= 4 is 31.1 Å². The van der Waals surface area contributed by atoms with Crippen molar-refractivity contribution in [3.8, 4) is 22.3 Å². The number of fused-ring (bicyclic) bond motifs is 5. The summed E-state index contributed by atoms with van der Waals surface area (Å²) >= 11 is 0. The van der Waals surface area contributed by atoms with Crippen LogP contribution in [0.15, 0.2) is 103 Å². The molecular formula is C45H50SiZr. The summed E-state index contributed by atoms with van der Waals surface area (Å²) in [5.41, 5.74) is 12.8. The Kier molecular flexibility index (Phi) is 12.2. The Hall–Kier alpha value is -2.93. The van der Waals surface area contributed by atoms with Crippen LogP contribution in [-0.2, 0) is 49.9 Å². The van der Waals surface area contributed by atoms with Crippen LogP contribution in [0, 0.1) is 6.07 Å². The Morgan fingerprint density at radius 2 is 1.32 bits per heavy atom. The summed E-state index contributed by atoms with van der Waals surface area (Å²) in [4.78, 5) is 0. The van der Waals surface area contributed by atoms with Gasteiger partial charge in [0.1, 0.15) is 0 Å². The van der Waals surface area contributed by atoms with Crippen LogP contribution in [0.25, 0.3) is 43.8 Å². The summed E-state index contributed by atoms with van der Waals surface area (Å²) in [6, 6.07) is 41.8. The predicted octanol–water partition coefficient (Wildman–Crippen LogP) is 12.8. The molecule has 0 amide bonds. The fraction of sp³-hybridized carbons (Fsp3) is 0.311. The average molecular weight is 710 g/mol. The maximum atomic E-state index is 3.67. The Morgan fingerprint density at radius 3 is 2.00 bits per heavy atom. The fourth-order valence-corrected chi connectivity index (χ4v) is 6.45. The van der Waals surface area contributed by atoms with E-state index < -0.39 is 0 Å². The van der Waals surface area contributed by atoms with Gasteiger partial charge in [-0.1, -0.05) is 146 Å². The van der Waals surface area contributed by atoms with E-state index in [9.17, 15) is 0 Å². The molecule has 2 heteroatoms.